The number of carbonyl (C=O) groups excluding carboxylic acids is 1. The van der Waals surface area contributed by atoms with Gasteiger partial charge in [-0.2, -0.15) is 0 Å². The van der Waals surface area contributed by atoms with Crippen LogP contribution in [-0.4, -0.2) is 17.1 Å². The van der Waals surface area contributed by atoms with Crippen LogP contribution in [0.15, 0.2) is 82.6 Å². The molecule has 0 spiro atoms. The van der Waals surface area contributed by atoms with E-state index in [1.165, 1.54) is 4.90 Å². The zero-order valence-electron chi connectivity index (χ0n) is 16.4. The third-order valence-electron chi connectivity index (χ3n) is 4.46. The van der Waals surface area contributed by atoms with Crippen LogP contribution in [0.3, 0.4) is 0 Å². The molecule has 0 aliphatic rings. The number of ether oxygens (including phenoxy) is 1. The number of carbonyl (C=O) groups is 1. The van der Waals surface area contributed by atoms with Gasteiger partial charge in [-0.25, -0.2) is 9.78 Å². The maximum Gasteiger partial charge on any atom is 0.407 e. The van der Waals surface area contributed by atoms with Crippen LogP contribution < -0.4 is 5.32 Å². The van der Waals surface area contributed by atoms with Crippen LogP contribution in [0, 0.1) is 0 Å². The largest absolute Gasteiger partial charge is 0.445 e. The topological polar surface area (TPSA) is 51.2 Å². The van der Waals surface area contributed by atoms with Gasteiger partial charge in [-0.05, 0) is 43.7 Å². The van der Waals surface area contributed by atoms with Crippen molar-refractivity contribution in [2.45, 2.75) is 36.3 Å². The highest BCUT2D eigenvalue weighted by Gasteiger charge is 2.10. The van der Waals surface area contributed by atoms with Crippen LogP contribution >= 0.6 is 11.8 Å². The number of para-hydroxylation sites is 2. The van der Waals surface area contributed by atoms with Crippen molar-refractivity contribution in [1.82, 2.24) is 10.3 Å². The normalized spacial score (nSPS) is 11.1. The first-order chi connectivity index (χ1) is 14.1. The standard InChI is InChI=1S/C24H22N2O2S/c1-16(2)25-24(27)28-15-17-11-13-18(14-12-17)29-23-19-7-3-5-9-21(19)26-22-10-6-4-8-20(22)23/h3-14,16H,15H2,1-2H3,(H,25,27). The van der Waals surface area contributed by atoms with Gasteiger partial charge in [0.05, 0.1) is 11.0 Å². The fourth-order valence-corrected chi connectivity index (χ4v) is 4.18. The Kier molecular flexibility index (Phi) is 5.67. The van der Waals surface area contributed by atoms with E-state index in [9.17, 15) is 4.79 Å². The lowest BCUT2D eigenvalue weighted by atomic mass is 10.1. The van der Waals surface area contributed by atoms with Crippen molar-refractivity contribution >= 4 is 39.7 Å². The summed E-state index contributed by atoms with van der Waals surface area (Å²) in [7, 11) is 0. The van der Waals surface area contributed by atoms with Crippen molar-refractivity contribution in [2.24, 2.45) is 0 Å². The van der Waals surface area contributed by atoms with Crippen molar-refractivity contribution in [3.8, 4) is 0 Å². The molecule has 0 fully saturated rings. The highest BCUT2D eigenvalue weighted by atomic mass is 32.2. The van der Waals surface area contributed by atoms with Gasteiger partial charge in [0.1, 0.15) is 6.61 Å². The second kappa shape index (κ2) is 8.53. The molecule has 0 saturated carbocycles. The van der Waals surface area contributed by atoms with Crippen LogP contribution in [0.5, 0.6) is 0 Å². The van der Waals surface area contributed by atoms with E-state index < -0.39 is 6.09 Å². The summed E-state index contributed by atoms with van der Waals surface area (Å²) in [6, 6.07) is 24.6. The zero-order valence-corrected chi connectivity index (χ0v) is 17.2. The number of amides is 1. The second-order valence-electron chi connectivity index (χ2n) is 7.10. The van der Waals surface area contributed by atoms with Crippen molar-refractivity contribution in [3.63, 3.8) is 0 Å². The number of nitrogens with zero attached hydrogens (tertiary/aromatic N) is 1. The van der Waals surface area contributed by atoms with Gasteiger partial charge in [0.15, 0.2) is 0 Å². The third-order valence-corrected chi connectivity index (χ3v) is 5.61. The van der Waals surface area contributed by atoms with E-state index in [1.807, 2.05) is 50.2 Å². The molecule has 0 saturated heterocycles. The lowest BCUT2D eigenvalue weighted by molar-refractivity contribution is 0.137. The highest BCUT2D eigenvalue weighted by molar-refractivity contribution is 7.99. The first-order valence-electron chi connectivity index (χ1n) is 9.58. The van der Waals surface area contributed by atoms with E-state index in [0.29, 0.717) is 0 Å². The molecule has 0 bridgehead atoms. The molecule has 4 aromatic rings. The average molecular weight is 403 g/mol. The van der Waals surface area contributed by atoms with Gasteiger partial charge in [0.2, 0.25) is 0 Å². The van der Waals surface area contributed by atoms with Gasteiger partial charge in [0.25, 0.3) is 0 Å². The van der Waals surface area contributed by atoms with Crippen LogP contribution in [-0.2, 0) is 11.3 Å². The molecular formula is C24H22N2O2S. The molecule has 1 aromatic heterocycles. The van der Waals surface area contributed by atoms with Gasteiger partial charge in [-0.1, -0.05) is 60.3 Å². The Labute approximate surface area is 174 Å². The highest BCUT2D eigenvalue weighted by Crippen LogP contribution is 2.38. The number of fused-ring (bicyclic) bond motifs is 2. The first kappa shape index (κ1) is 19.3. The van der Waals surface area contributed by atoms with Crippen molar-refractivity contribution in [2.75, 3.05) is 0 Å². The van der Waals surface area contributed by atoms with E-state index >= 15 is 0 Å². The van der Waals surface area contributed by atoms with Crippen molar-refractivity contribution in [3.05, 3.63) is 78.4 Å². The predicted molar refractivity (Wildman–Crippen MR) is 118 cm³/mol. The lowest BCUT2D eigenvalue weighted by Crippen LogP contribution is -2.30. The quantitative estimate of drug-likeness (QED) is 0.405. The number of rotatable bonds is 5. The number of alkyl carbamates (subject to hydrolysis) is 1. The Morgan fingerprint density at radius 3 is 2.10 bits per heavy atom. The fraction of sp³-hybridized carbons (Fsp3) is 0.167. The number of hydrogen-bond donors (Lipinski definition) is 1. The summed E-state index contributed by atoms with van der Waals surface area (Å²) in [6.07, 6.45) is -0.395. The average Bonchev–Trinajstić information content (AvgIpc) is 2.72. The smallest absolute Gasteiger partial charge is 0.407 e. The number of nitrogens with one attached hydrogen (secondary N) is 1. The number of hydrogen-bond acceptors (Lipinski definition) is 4. The van der Waals surface area contributed by atoms with Crippen molar-refractivity contribution in [1.29, 1.82) is 0 Å². The molecule has 0 aliphatic heterocycles. The Bertz CT molecular complexity index is 1100. The molecule has 4 nitrogen and oxygen atoms in total. The molecule has 146 valence electrons. The number of aromatic nitrogens is 1. The Balaban J connectivity index is 1.57. The summed E-state index contributed by atoms with van der Waals surface area (Å²) in [5.74, 6) is 0. The zero-order chi connectivity index (χ0) is 20.2. The molecule has 4 rings (SSSR count). The summed E-state index contributed by atoms with van der Waals surface area (Å²) in [6.45, 7) is 4.06. The van der Waals surface area contributed by atoms with Crippen LogP contribution in [0.1, 0.15) is 19.4 Å². The lowest BCUT2D eigenvalue weighted by Gasteiger charge is -2.11. The summed E-state index contributed by atoms with van der Waals surface area (Å²) in [5.41, 5.74) is 2.95. The molecular weight excluding hydrogens is 380 g/mol. The minimum absolute atomic E-state index is 0.0614. The summed E-state index contributed by atoms with van der Waals surface area (Å²) < 4.78 is 5.25. The van der Waals surface area contributed by atoms with Gasteiger partial charge >= 0.3 is 6.09 Å². The summed E-state index contributed by atoms with van der Waals surface area (Å²) in [5, 5.41) is 5.01. The molecule has 5 heteroatoms. The van der Waals surface area contributed by atoms with Crippen LogP contribution in [0.2, 0.25) is 0 Å². The molecule has 1 N–H and O–H groups in total. The minimum atomic E-state index is -0.395. The SMILES string of the molecule is CC(C)NC(=O)OCc1ccc(Sc2c3ccccc3nc3ccccc23)cc1. The van der Waals surface area contributed by atoms with E-state index in [0.717, 1.165) is 32.3 Å². The van der Waals surface area contributed by atoms with Crippen molar-refractivity contribution < 1.29 is 9.53 Å². The van der Waals surface area contributed by atoms with Gasteiger partial charge < -0.3 is 10.1 Å². The first-order valence-corrected chi connectivity index (χ1v) is 10.4. The number of benzene rings is 3. The molecule has 29 heavy (non-hydrogen) atoms. The monoisotopic (exact) mass is 402 g/mol. The molecule has 3 aromatic carbocycles. The molecule has 0 unspecified atom stereocenters. The summed E-state index contributed by atoms with van der Waals surface area (Å²) >= 11 is 1.73. The minimum Gasteiger partial charge on any atom is -0.445 e. The van der Waals surface area contributed by atoms with E-state index in [2.05, 4.69) is 41.7 Å². The maximum absolute atomic E-state index is 11.6. The van der Waals surface area contributed by atoms with E-state index in [1.54, 1.807) is 11.8 Å². The number of pyridine rings is 1. The van der Waals surface area contributed by atoms with Crippen LogP contribution in [0.25, 0.3) is 21.8 Å². The van der Waals surface area contributed by atoms with E-state index in [-0.39, 0.29) is 12.6 Å². The van der Waals surface area contributed by atoms with Gasteiger partial charge in [-0.15, -0.1) is 0 Å². The van der Waals surface area contributed by atoms with E-state index in [4.69, 9.17) is 9.72 Å². The maximum atomic E-state index is 11.6. The molecule has 0 atom stereocenters. The Morgan fingerprint density at radius 2 is 1.52 bits per heavy atom. The third kappa shape index (κ3) is 4.51. The molecule has 0 radical (unpaired) electrons. The Morgan fingerprint density at radius 1 is 0.931 bits per heavy atom. The molecule has 0 aliphatic carbocycles. The molecule has 1 heterocycles. The summed E-state index contributed by atoms with van der Waals surface area (Å²) in [4.78, 5) is 18.8. The van der Waals surface area contributed by atoms with Gasteiger partial charge in [-0.3, -0.25) is 0 Å². The van der Waals surface area contributed by atoms with Gasteiger partial charge in [0, 0.05) is 26.6 Å². The molecule has 1 amide bonds. The predicted octanol–water partition coefficient (Wildman–Crippen LogP) is 6.17. The fourth-order valence-electron chi connectivity index (χ4n) is 3.11. The van der Waals surface area contributed by atoms with Crippen LogP contribution in [0.4, 0.5) is 4.79 Å². The second-order valence-corrected chi connectivity index (χ2v) is 8.18. The Hall–Kier alpha value is -3.05.